The quantitative estimate of drug-likeness (QED) is 0.787. The lowest BCUT2D eigenvalue weighted by atomic mass is 9.84. The Morgan fingerprint density at radius 3 is 2.05 bits per heavy atom. The van der Waals surface area contributed by atoms with Crippen molar-refractivity contribution in [3.8, 4) is 0 Å². The smallest absolute Gasteiger partial charge is 0.225 e. The number of piperidine rings is 1. The maximum atomic E-state index is 12.2. The Balaban J connectivity index is 1.35. The van der Waals surface area contributed by atoms with E-state index in [1.807, 2.05) is 9.80 Å². The molecule has 2 saturated heterocycles. The molecule has 5 heteroatoms. The minimum absolute atomic E-state index is 0.312. The highest BCUT2D eigenvalue weighted by molar-refractivity contribution is 5.79. The molecular weight excluding hydrogens is 278 g/mol. The molecule has 0 bridgehead atoms. The van der Waals surface area contributed by atoms with Gasteiger partial charge in [-0.2, -0.15) is 0 Å². The van der Waals surface area contributed by atoms with Crippen molar-refractivity contribution in [2.75, 3.05) is 45.8 Å². The molecule has 2 heterocycles. The monoisotopic (exact) mass is 307 g/mol. The van der Waals surface area contributed by atoms with Crippen molar-refractivity contribution in [2.24, 2.45) is 5.92 Å². The molecule has 0 atom stereocenters. The van der Waals surface area contributed by atoms with Crippen LogP contribution in [-0.2, 0) is 9.59 Å². The fraction of sp³-hybridized carbons (Fsp3) is 0.882. The SMILES string of the molecule is O=C(CCN1CCN(C(=O)C2CCC2)CC1)N1CCCCC1. The molecule has 0 unspecified atom stereocenters. The van der Waals surface area contributed by atoms with Gasteiger partial charge >= 0.3 is 0 Å². The second kappa shape index (κ2) is 7.44. The van der Waals surface area contributed by atoms with E-state index in [-0.39, 0.29) is 0 Å². The number of carbonyl (C=O) groups is 2. The number of piperazine rings is 1. The molecule has 5 nitrogen and oxygen atoms in total. The number of carbonyl (C=O) groups excluding carboxylic acids is 2. The third kappa shape index (κ3) is 3.80. The second-order valence-corrected chi connectivity index (χ2v) is 6.99. The summed E-state index contributed by atoms with van der Waals surface area (Å²) < 4.78 is 0. The summed E-state index contributed by atoms with van der Waals surface area (Å²) in [7, 11) is 0. The van der Waals surface area contributed by atoms with Crippen LogP contribution in [0.25, 0.3) is 0 Å². The molecule has 2 aliphatic heterocycles. The van der Waals surface area contributed by atoms with E-state index in [0.717, 1.165) is 71.5 Å². The second-order valence-electron chi connectivity index (χ2n) is 6.99. The highest BCUT2D eigenvalue weighted by Crippen LogP contribution is 2.28. The van der Waals surface area contributed by atoms with Crippen molar-refractivity contribution in [3.63, 3.8) is 0 Å². The fourth-order valence-electron chi connectivity index (χ4n) is 3.66. The Bertz CT molecular complexity index is 395. The van der Waals surface area contributed by atoms with E-state index in [1.165, 1.54) is 12.8 Å². The van der Waals surface area contributed by atoms with Gasteiger partial charge in [0.15, 0.2) is 0 Å². The maximum Gasteiger partial charge on any atom is 0.225 e. The lowest BCUT2D eigenvalue weighted by molar-refractivity contribution is -0.140. The van der Waals surface area contributed by atoms with Crippen LogP contribution in [0.15, 0.2) is 0 Å². The van der Waals surface area contributed by atoms with E-state index in [1.54, 1.807) is 0 Å². The Kier molecular flexibility index (Phi) is 5.34. The van der Waals surface area contributed by atoms with E-state index in [9.17, 15) is 9.59 Å². The van der Waals surface area contributed by atoms with Crippen LogP contribution in [0.1, 0.15) is 44.9 Å². The number of rotatable bonds is 4. The zero-order chi connectivity index (χ0) is 15.4. The molecule has 2 amide bonds. The minimum Gasteiger partial charge on any atom is -0.343 e. The number of hydrogen-bond donors (Lipinski definition) is 0. The topological polar surface area (TPSA) is 43.9 Å². The van der Waals surface area contributed by atoms with Gasteiger partial charge in [0.2, 0.25) is 11.8 Å². The first kappa shape index (κ1) is 15.8. The lowest BCUT2D eigenvalue weighted by Gasteiger charge is -2.38. The van der Waals surface area contributed by atoms with E-state index in [4.69, 9.17) is 0 Å². The predicted molar refractivity (Wildman–Crippen MR) is 85.4 cm³/mol. The molecule has 124 valence electrons. The van der Waals surface area contributed by atoms with Gasteiger partial charge in [0.1, 0.15) is 0 Å². The molecule has 0 spiro atoms. The van der Waals surface area contributed by atoms with Crippen molar-refractivity contribution in [2.45, 2.75) is 44.9 Å². The molecule has 1 saturated carbocycles. The molecule has 3 aliphatic rings. The average molecular weight is 307 g/mol. The lowest BCUT2D eigenvalue weighted by Crippen LogP contribution is -2.51. The minimum atomic E-state index is 0.312. The van der Waals surface area contributed by atoms with Crippen LogP contribution in [0.3, 0.4) is 0 Å². The van der Waals surface area contributed by atoms with Crippen molar-refractivity contribution < 1.29 is 9.59 Å². The standard InChI is InChI=1S/C17H29N3O2/c21-16(19-8-2-1-3-9-19)7-10-18-11-13-20(14-12-18)17(22)15-5-4-6-15/h15H,1-14H2. The van der Waals surface area contributed by atoms with Gasteiger partial charge in [-0.3, -0.25) is 14.5 Å². The number of hydrogen-bond acceptors (Lipinski definition) is 3. The van der Waals surface area contributed by atoms with E-state index >= 15 is 0 Å². The van der Waals surface area contributed by atoms with Gasteiger partial charge in [0.05, 0.1) is 0 Å². The van der Waals surface area contributed by atoms with Gasteiger partial charge in [-0.15, -0.1) is 0 Å². The first-order valence-corrected chi connectivity index (χ1v) is 9.03. The summed E-state index contributed by atoms with van der Waals surface area (Å²) in [6.45, 7) is 6.27. The third-order valence-electron chi connectivity index (χ3n) is 5.49. The molecule has 0 aromatic heterocycles. The summed E-state index contributed by atoms with van der Waals surface area (Å²) in [6.07, 6.45) is 7.61. The summed E-state index contributed by atoms with van der Waals surface area (Å²) in [5, 5.41) is 0. The Hall–Kier alpha value is -1.10. The Morgan fingerprint density at radius 2 is 1.45 bits per heavy atom. The maximum absolute atomic E-state index is 12.2. The summed E-state index contributed by atoms with van der Waals surface area (Å²) >= 11 is 0. The molecule has 1 aliphatic carbocycles. The van der Waals surface area contributed by atoms with Gasteiger partial charge in [-0.25, -0.2) is 0 Å². The molecule has 0 N–H and O–H groups in total. The van der Waals surface area contributed by atoms with E-state index < -0.39 is 0 Å². The summed E-state index contributed by atoms with van der Waals surface area (Å²) in [5.41, 5.74) is 0. The van der Waals surface area contributed by atoms with E-state index in [0.29, 0.717) is 24.2 Å². The van der Waals surface area contributed by atoms with Crippen LogP contribution in [0, 0.1) is 5.92 Å². The molecule has 22 heavy (non-hydrogen) atoms. The van der Waals surface area contributed by atoms with Crippen LogP contribution >= 0.6 is 0 Å². The molecule has 3 fully saturated rings. The Labute approximate surface area is 133 Å². The zero-order valence-corrected chi connectivity index (χ0v) is 13.6. The van der Waals surface area contributed by atoms with Gasteiger partial charge in [-0.05, 0) is 32.1 Å². The molecule has 0 aromatic rings. The molecule has 0 radical (unpaired) electrons. The van der Waals surface area contributed by atoms with Crippen molar-refractivity contribution in [3.05, 3.63) is 0 Å². The largest absolute Gasteiger partial charge is 0.343 e. The molecule has 0 aromatic carbocycles. The number of likely N-dealkylation sites (tertiary alicyclic amines) is 1. The van der Waals surface area contributed by atoms with Crippen LogP contribution < -0.4 is 0 Å². The van der Waals surface area contributed by atoms with Gasteiger partial charge < -0.3 is 9.80 Å². The van der Waals surface area contributed by atoms with Crippen LogP contribution in [0.2, 0.25) is 0 Å². The third-order valence-corrected chi connectivity index (χ3v) is 5.49. The average Bonchev–Trinajstić information content (AvgIpc) is 2.52. The first-order valence-electron chi connectivity index (χ1n) is 9.03. The highest BCUT2D eigenvalue weighted by atomic mass is 16.2. The normalized spacial score (nSPS) is 24.2. The van der Waals surface area contributed by atoms with E-state index in [2.05, 4.69) is 4.90 Å². The number of amides is 2. The summed E-state index contributed by atoms with van der Waals surface area (Å²) in [5.74, 6) is 0.996. The predicted octanol–water partition coefficient (Wildman–Crippen LogP) is 1.33. The van der Waals surface area contributed by atoms with Crippen molar-refractivity contribution in [1.82, 2.24) is 14.7 Å². The molecule has 3 rings (SSSR count). The summed E-state index contributed by atoms with van der Waals surface area (Å²) in [6, 6.07) is 0. The van der Waals surface area contributed by atoms with Crippen molar-refractivity contribution in [1.29, 1.82) is 0 Å². The fourth-order valence-corrected chi connectivity index (χ4v) is 3.66. The molecular formula is C17H29N3O2. The van der Waals surface area contributed by atoms with Gasteiger partial charge in [-0.1, -0.05) is 6.42 Å². The first-order chi connectivity index (χ1) is 10.7. The van der Waals surface area contributed by atoms with Crippen LogP contribution in [0.5, 0.6) is 0 Å². The van der Waals surface area contributed by atoms with Gasteiger partial charge in [0.25, 0.3) is 0 Å². The Morgan fingerprint density at radius 1 is 0.773 bits per heavy atom. The highest BCUT2D eigenvalue weighted by Gasteiger charge is 2.31. The van der Waals surface area contributed by atoms with Crippen LogP contribution in [0.4, 0.5) is 0 Å². The van der Waals surface area contributed by atoms with Crippen LogP contribution in [-0.4, -0.2) is 72.3 Å². The zero-order valence-electron chi connectivity index (χ0n) is 13.6. The number of nitrogens with zero attached hydrogens (tertiary/aromatic N) is 3. The summed E-state index contributed by atoms with van der Waals surface area (Å²) in [4.78, 5) is 30.8. The van der Waals surface area contributed by atoms with Crippen molar-refractivity contribution >= 4 is 11.8 Å². The van der Waals surface area contributed by atoms with Gasteiger partial charge in [0, 0.05) is 58.2 Å².